The fourth-order valence-electron chi connectivity index (χ4n) is 1.98. The van der Waals surface area contributed by atoms with E-state index in [-0.39, 0.29) is 4.91 Å². The molecule has 1 aromatic carbocycles. The topological polar surface area (TPSA) is 70.4 Å². The van der Waals surface area contributed by atoms with Crippen molar-refractivity contribution in [1.29, 1.82) is 5.26 Å². The molecule has 0 N–H and O–H groups in total. The molecule has 1 fully saturated rings. The Balaban J connectivity index is 2.20. The highest BCUT2D eigenvalue weighted by molar-refractivity contribution is 7.95. The minimum atomic E-state index is -3.47. The van der Waals surface area contributed by atoms with E-state index in [2.05, 4.69) is 4.90 Å². The molecule has 20 heavy (non-hydrogen) atoms. The summed E-state index contributed by atoms with van der Waals surface area (Å²) in [7, 11) is -3.47. The Bertz CT molecular complexity index is 636. The summed E-state index contributed by atoms with van der Waals surface area (Å²) >= 11 is 0. The number of morpholine rings is 1. The van der Waals surface area contributed by atoms with Gasteiger partial charge in [-0.25, -0.2) is 8.42 Å². The van der Waals surface area contributed by atoms with Crippen LogP contribution in [0.1, 0.15) is 5.56 Å². The lowest BCUT2D eigenvalue weighted by Crippen LogP contribution is -2.36. The van der Waals surface area contributed by atoms with E-state index in [0.29, 0.717) is 18.8 Å². The number of sulfone groups is 1. The van der Waals surface area contributed by atoms with Crippen molar-refractivity contribution in [2.75, 3.05) is 37.5 Å². The highest BCUT2D eigenvalue weighted by atomic mass is 32.2. The first-order valence-corrected chi connectivity index (χ1v) is 8.14. The molecule has 0 amide bonds. The Kier molecular flexibility index (Phi) is 4.42. The molecule has 1 heterocycles. The maximum Gasteiger partial charge on any atom is 0.185 e. The van der Waals surface area contributed by atoms with Crippen LogP contribution in [0.15, 0.2) is 29.2 Å². The van der Waals surface area contributed by atoms with Crippen LogP contribution in [0.4, 0.5) is 5.69 Å². The highest BCUT2D eigenvalue weighted by Gasteiger charge is 2.12. The number of nitrogens with zero attached hydrogens (tertiary/aromatic N) is 2. The predicted octanol–water partition coefficient (Wildman–Crippen LogP) is 1.43. The summed E-state index contributed by atoms with van der Waals surface area (Å²) in [5.41, 5.74) is 1.77. The second kappa shape index (κ2) is 6.07. The molecule has 0 atom stereocenters. The van der Waals surface area contributed by atoms with Crippen molar-refractivity contribution in [3.05, 3.63) is 34.7 Å². The molecule has 6 heteroatoms. The number of hydrogen-bond acceptors (Lipinski definition) is 5. The number of rotatable bonds is 3. The average molecular weight is 292 g/mol. The first-order chi connectivity index (χ1) is 9.50. The molecular formula is C14H16N2O3S. The van der Waals surface area contributed by atoms with E-state index < -0.39 is 9.84 Å². The van der Waals surface area contributed by atoms with Gasteiger partial charge in [0.1, 0.15) is 11.0 Å². The zero-order valence-electron chi connectivity index (χ0n) is 11.2. The Morgan fingerprint density at radius 3 is 2.40 bits per heavy atom. The van der Waals surface area contributed by atoms with E-state index in [9.17, 15) is 8.42 Å². The number of benzene rings is 1. The Labute approximate surface area is 119 Å². The molecule has 5 nitrogen and oxygen atoms in total. The van der Waals surface area contributed by atoms with Crippen LogP contribution in [-0.4, -0.2) is 41.0 Å². The molecule has 0 aliphatic carbocycles. The van der Waals surface area contributed by atoms with Gasteiger partial charge in [-0.15, -0.1) is 0 Å². The molecule has 0 radical (unpaired) electrons. The fourth-order valence-corrected chi connectivity index (χ4v) is 2.49. The Morgan fingerprint density at radius 2 is 1.90 bits per heavy atom. The summed E-state index contributed by atoms with van der Waals surface area (Å²) < 4.78 is 28.0. The van der Waals surface area contributed by atoms with E-state index in [0.717, 1.165) is 25.0 Å². The van der Waals surface area contributed by atoms with Crippen molar-refractivity contribution in [1.82, 2.24) is 0 Å². The second-order valence-corrected chi connectivity index (χ2v) is 6.57. The van der Waals surface area contributed by atoms with Crippen molar-refractivity contribution in [3.8, 4) is 6.07 Å². The quantitative estimate of drug-likeness (QED) is 0.788. The molecule has 0 unspecified atom stereocenters. The SMILES string of the molecule is CS(=O)(=O)/C(C#N)=C\c1ccc(N2CCOCC2)cc1. The van der Waals surface area contributed by atoms with Gasteiger partial charge in [0.15, 0.2) is 9.84 Å². The third-order valence-corrected chi connectivity index (χ3v) is 4.08. The van der Waals surface area contributed by atoms with Crippen molar-refractivity contribution in [2.24, 2.45) is 0 Å². The summed E-state index contributed by atoms with van der Waals surface area (Å²) in [6, 6.07) is 9.19. The number of nitriles is 1. The van der Waals surface area contributed by atoms with Crippen LogP contribution < -0.4 is 4.90 Å². The highest BCUT2D eigenvalue weighted by Crippen LogP contribution is 2.18. The standard InChI is InChI=1S/C14H16N2O3S/c1-20(17,18)14(11-15)10-12-2-4-13(5-3-12)16-6-8-19-9-7-16/h2-5,10H,6-9H2,1H3/b14-10-. The van der Waals surface area contributed by atoms with Crippen LogP contribution in [0.3, 0.4) is 0 Å². The van der Waals surface area contributed by atoms with Crippen molar-refractivity contribution >= 4 is 21.6 Å². The van der Waals surface area contributed by atoms with E-state index in [1.807, 2.05) is 24.3 Å². The lowest BCUT2D eigenvalue weighted by molar-refractivity contribution is 0.122. The van der Waals surface area contributed by atoms with Crippen LogP contribution in [0.2, 0.25) is 0 Å². The summed E-state index contributed by atoms with van der Waals surface area (Å²) in [6.07, 6.45) is 2.42. The first-order valence-electron chi connectivity index (χ1n) is 6.25. The third kappa shape index (κ3) is 3.59. The zero-order chi connectivity index (χ0) is 14.6. The van der Waals surface area contributed by atoms with Gasteiger partial charge in [0.25, 0.3) is 0 Å². The van der Waals surface area contributed by atoms with Crippen LogP contribution in [0.5, 0.6) is 0 Å². The summed E-state index contributed by atoms with van der Waals surface area (Å²) in [6.45, 7) is 3.13. The van der Waals surface area contributed by atoms with E-state index in [1.54, 1.807) is 6.07 Å². The Hall–Kier alpha value is -1.84. The normalized spacial score (nSPS) is 16.8. The molecule has 106 valence electrons. The van der Waals surface area contributed by atoms with Crippen molar-refractivity contribution < 1.29 is 13.2 Å². The molecule has 0 spiro atoms. The van der Waals surface area contributed by atoms with Gasteiger partial charge < -0.3 is 9.64 Å². The molecule has 0 saturated carbocycles. The molecule has 1 saturated heterocycles. The Morgan fingerprint density at radius 1 is 1.30 bits per heavy atom. The summed E-state index contributed by atoms with van der Waals surface area (Å²) in [5, 5.41) is 8.86. The number of anilines is 1. The lowest BCUT2D eigenvalue weighted by Gasteiger charge is -2.28. The van der Waals surface area contributed by atoms with Crippen LogP contribution in [0, 0.1) is 11.3 Å². The molecule has 0 aromatic heterocycles. The van der Waals surface area contributed by atoms with E-state index in [4.69, 9.17) is 10.00 Å². The third-order valence-electron chi connectivity index (χ3n) is 3.08. The predicted molar refractivity (Wildman–Crippen MR) is 77.9 cm³/mol. The van der Waals surface area contributed by atoms with Gasteiger partial charge >= 0.3 is 0 Å². The lowest BCUT2D eigenvalue weighted by atomic mass is 10.2. The van der Waals surface area contributed by atoms with Gasteiger partial charge in [-0.1, -0.05) is 12.1 Å². The smallest absolute Gasteiger partial charge is 0.185 e. The van der Waals surface area contributed by atoms with E-state index >= 15 is 0 Å². The van der Waals surface area contributed by atoms with Crippen molar-refractivity contribution in [2.45, 2.75) is 0 Å². The average Bonchev–Trinajstić information content (AvgIpc) is 2.45. The van der Waals surface area contributed by atoms with Gasteiger partial charge in [0.05, 0.1) is 13.2 Å². The molecule has 1 aromatic rings. The van der Waals surface area contributed by atoms with Crippen LogP contribution >= 0.6 is 0 Å². The maximum atomic E-state index is 11.4. The van der Waals surface area contributed by atoms with Gasteiger partial charge in [-0.2, -0.15) is 5.26 Å². The molecule has 1 aliphatic rings. The van der Waals surface area contributed by atoms with Gasteiger partial charge in [-0.3, -0.25) is 0 Å². The number of hydrogen-bond donors (Lipinski definition) is 0. The fraction of sp³-hybridized carbons (Fsp3) is 0.357. The summed E-state index contributed by atoms with van der Waals surface area (Å²) in [5.74, 6) is 0. The molecule has 2 rings (SSSR count). The minimum absolute atomic E-state index is 0.225. The maximum absolute atomic E-state index is 11.4. The minimum Gasteiger partial charge on any atom is -0.378 e. The molecular weight excluding hydrogens is 276 g/mol. The van der Waals surface area contributed by atoms with Crippen molar-refractivity contribution in [3.63, 3.8) is 0 Å². The molecule has 0 bridgehead atoms. The largest absolute Gasteiger partial charge is 0.378 e. The zero-order valence-corrected chi connectivity index (χ0v) is 12.1. The second-order valence-electron chi connectivity index (χ2n) is 4.58. The number of allylic oxidation sites excluding steroid dienone is 1. The van der Waals surface area contributed by atoms with Gasteiger partial charge in [-0.05, 0) is 23.8 Å². The van der Waals surface area contributed by atoms with Crippen LogP contribution in [-0.2, 0) is 14.6 Å². The van der Waals surface area contributed by atoms with E-state index in [1.165, 1.54) is 6.08 Å². The van der Waals surface area contributed by atoms with Gasteiger partial charge in [0.2, 0.25) is 0 Å². The molecule has 1 aliphatic heterocycles. The monoisotopic (exact) mass is 292 g/mol. The summed E-state index contributed by atoms with van der Waals surface area (Å²) in [4.78, 5) is 1.98. The van der Waals surface area contributed by atoms with Crippen LogP contribution in [0.25, 0.3) is 6.08 Å². The number of ether oxygens (including phenoxy) is 1. The van der Waals surface area contributed by atoms with Gasteiger partial charge in [0, 0.05) is 25.0 Å². The first kappa shape index (κ1) is 14.6.